The van der Waals surface area contributed by atoms with Crippen LogP contribution < -0.4 is 4.72 Å². The van der Waals surface area contributed by atoms with Crippen molar-refractivity contribution < 1.29 is 31.9 Å². The third-order valence-corrected chi connectivity index (χ3v) is 11.4. The molecule has 14 nitrogen and oxygen atoms in total. The monoisotopic (exact) mass is 671 g/mol. The molecule has 5 heterocycles. The second-order valence-corrected chi connectivity index (χ2v) is 14.4. The molecule has 46 heavy (non-hydrogen) atoms. The number of carbonyl (C=O) groups is 2. The van der Waals surface area contributed by atoms with Gasteiger partial charge in [0, 0.05) is 36.3 Å². The maximum absolute atomic E-state index is 13.5. The minimum atomic E-state index is -4.12. The lowest BCUT2D eigenvalue weighted by Gasteiger charge is -2.35. The summed E-state index contributed by atoms with van der Waals surface area (Å²) < 4.78 is 57.6. The Morgan fingerprint density at radius 2 is 1.89 bits per heavy atom. The van der Waals surface area contributed by atoms with Gasteiger partial charge in [0.05, 0.1) is 22.2 Å². The number of nitriles is 1. The molecule has 3 fully saturated rings. The number of amides is 2. The van der Waals surface area contributed by atoms with Gasteiger partial charge in [0.15, 0.2) is 10.7 Å². The van der Waals surface area contributed by atoms with Gasteiger partial charge < -0.3 is 10.0 Å². The Morgan fingerprint density at radius 3 is 2.54 bits per heavy atom. The fourth-order valence-electron chi connectivity index (χ4n) is 6.43. The lowest BCUT2D eigenvalue weighted by atomic mass is 9.90. The zero-order chi connectivity index (χ0) is 32.4. The molecule has 0 radical (unpaired) electrons. The lowest BCUT2D eigenvalue weighted by molar-refractivity contribution is -0.136. The number of rotatable bonds is 7. The van der Waals surface area contributed by atoms with Crippen molar-refractivity contribution >= 4 is 55.3 Å². The molecule has 18 heteroatoms. The van der Waals surface area contributed by atoms with Crippen molar-refractivity contribution in [1.29, 1.82) is 5.26 Å². The molecule has 1 atom stereocenters. The molecule has 3 aromatic heterocycles. The highest BCUT2D eigenvalue weighted by Crippen LogP contribution is 2.41. The first-order chi connectivity index (χ1) is 22.0. The van der Waals surface area contributed by atoms with Gasteiger partial charge in [-0.2, -0.15) is 9.98 Å². The fraction of sp³-hybridized carbons (Fsp3) is 0.464. The molecular formula is C28H27F2N9O5S2. The summed E-state index contributed by atoms with van der Waals surface area (Å²) in [6, 6.07) is 5.74. The summed E-state index contributed by atoms with van der Waals surface area (Å²) in [5.41, 5.74) is 0.171. The van der Waals surface area contributed by atoms with Gasteiger partial charge in [0.2, 0.25) is 21.1 Å². The number of likely N-dealkylation sites (tertiary alicyclic amines) is 2. The predicted molar refractivity (Wildman–Crippen MR) is 159 cm³/mol. The zero-order valence-electron chi connectivity index (χ0n) is 24.1. The number of benzene rings is 1. The number of nitrogens with one attached hydrogen (secondary N) is 1. The molecular weight excluding hydrogens is 644 g/mol. The summed E-state index contributed by atoms with van der Waals surface area (Å²) in [7, 11) is -4.12. The van der Waals surface area contributed by atoms with Gasteiger partial charge in [-0.3, -0.25) is 14.3 Å². The number of hydrogen-bond acceptors (Lipinski definition) is 10. The Labute approximate surface area is 264 Å². The summed E-state index contributed by atoms with van der Waals surface area (Å²) in [6.07, 6.45) is 0.370. The number of carbonyl (C=O) groups excluding carboxylic acids is 1. The first-order valence-electron chi connectivity index (χ1n) is 14.7. The molecule has 2 aliphatic heterocycles. The first kappa shape index (κ1) is 30.3. The number of halogens is 2. The molecule has 3 aliphatic rings. The second kappa shape index (κ2) is 11.2. The smallest absolute Gasteiger partial charge is 0.407 e. The van der Waals surface area contributed by atoms with E-state index in [1.165, 1.54) is 27.9 Å². The van der Waals surface area contributed by atoms with Crippen LogP contribution in [0.5, 0.6) is 0 Å². The molecule has 7 rings (SSSR count). The summed E-state index contributed by atoms with van der Waals surface area (Å²) >= 11 is 0.657. The van der Waals surface area contributed by atoms with E-state index in [9.17, 15) is 37.2 Å². The number of fused-ring (bicyclic) bond motifs is 3. The largest absolute Gasteiger partial charge is 0.465 e. The maximum Gasteiger partial charge on any atom is 0.407 e. The number of aromatic nitrogens is 5. The standard InChI is InChI=1S/C28H27F2N9O5S2/c29-22(30)24-34-35-26(45-24)39-19-12-16(46(43,44)36-28(13-31)7-8-28)3-4-17(19)20-21(32-14-33-23(20)39)15-5-10-37(11-6-15)25(40)18-2-1-9-38(18)27(41)42/h3-4,12,14-15,18,22,36H,1-2,5-11H2,(H,41,42)/t18-/m0/s1. The van der Waals surface area contributed by atoms with Crippen molar-refractivity contribution in [1.82, 2.24) is 39.3 Å². The predicted octanol–water partition coefficient (Wildman–Crippen LogP) is 3.55. The molecule has 4 aromatic rings. The van der Waals surface area contributed by atoms with Gasteiger partial charge in [-0.15, -0.1) is 10.2 Å². The van der Waals surface area contributed by atoms with Crippen molar-refractivity contribution in [2.75, 3.05) is 19.6 Å². The van der Waals surface area contributed by atoms with E-state index in [1.807, 2.05) is 6.07 Å². The van der Waals surface area contributed by atoms with E-state index in [0.29, 0.717) is 97.1 Å². The molecule has 1 saturated carbocycles. The van der Waals surface area contributed by atoms with E-state index in [0.717, 1.165) is 0 Å². The highest BCUT2D eigenvalue weighted by Gasteiger charge is 2.47. The van der Waals surface area contributed by atoms with Crippen molar-refractivity contribution in [3.63, 3.8) is 0 Å². The van der Waals surface area contributed by atoms with Crippen LogP contribution in [-0.2, 0) is 14.8 Å². The number of carboxylic acid groups (broad SMARTS) is 1. The molecule has 1 aliphatic carbocycles. The highest BCUT2D eigenvalue weighted by molar-refractivity contribution is 7.89. The SMILES string of the molecule is N#CC1(NS(=O)(=O)c2ccc3c4c(C5CCN(C(=O)[C@@H]6CCCN6C(=O)O)CC5)ncnc4n(-c4nnc(C(F)F)s4)c3c2)CC1. The lowest BCUT2D eigenvalue weighted by Crippen LogP contribution is -2.49. The molecule has 0 spiro atoms. The highest BCUT2D eigenvalue weighted by atomic mass is 32.2. The summed E-state index contributed by atoms with van der Waals surface area (Å²) in [4.78, 5) is 36.7. The van der Waals surface area contributed by atoms with E-state index in [4.69, 9.17) is 0 Å². The van der Waals surface area contributed by atoms with Crippen LogP contribution in [0.25, 0.3) is 27.1 Å². The van der Waals surface area contributed by atoms with E-state index >= 15 is 0 Å². The molecule has 2 amide bonds. The number of piperidine rings is 1. The van der Waals surface area contributed by atoms with Gasteiger partial charge in [-0.05, 0) is 50.7 Å². The van der Waals surface area contributed by atoms with Crippen LogP contribution >= 0.6 is 11.3 Å². The molecule has 0 bridgehead atoms. The molecule has 240 valence electrons. The summed E-state index contributed by atoms with van der Waals surface area (Å²) in [6.45, 7) is 1.11. The Balaban J connectivity index is 1.27. The van der Waals surface area contributed by atoms with Crippen LogP contribution in [0.2, 0.25) is 0 Å². The van der Waals surface area contributed by atoms with Gasteiger partial charge in [0.25, 0.3) is 6.43 Å². The Bertz CT molecular complexity index is 2030. The molecule has 1 aromatic carbocycles. The van der Waals surface area contributed by atoms with Crippen LogP contribution in [0.15, 0.2) is 29.4 Å². The van der Waals surface area contributed by atoms with Crippen molar-refractivity contribution in [2.45, 2.75) is 67.3 Å². The first-order valence-corrected chi connectivity index (χ1v) is 17.0. The minimum absolute atomic E-state index is 0.0677. The van der Waals surface area contributed by atoms with E-state index in [2.05, 4.69) is 24.9 Å². The third kappa shape index (κ3) is 5.11. The number of hydrogen-bond donors (Lipinski definition) is 2. The third-order valence-electron chi connectivity index (χ3n) is 8.94. The van der Waals surface area contributed by atoms with Crippen LogP contribution in [0.3, 0.4) is 0 Å². The van der Waals surface area contributed by atoms with Crippen LogP contribution in [0.1, 0.15) is 61.6 Å². The average Bonchev–Trinajstić information content (AvgIpc) is 3.40. The van der Waals surface area contributed by atoms with E-state index < -0.39 is 39.1 Å². The van der Waals surface area contributed by atoms with E-state index in [1.54, 1.807) is 11.0 Å². The Morgan fingerprint density at radius 1 is 1.13 bits per heavy atom. The van der Waals surface area contributed by atoms with Gasteiger partial charge >= 0.3 is 6.09 Å². The Hall–Kier alpha value is -4.34. The summed E-state index contributed by atoms with van der Waals surface area (Å²) in [5, 5.41) is 27.3. The molecule has 0 unspecified atom stereocenters. The van der Waals surface area contributed by atoms with Gasteiger partial charge in [-0.1, -0.05) is 17.4 Å². The molecule has 2 saturated heterocycles. The van der Waals surface area contributed by atoms with E-state index in [-0.39, 0.29) is 21.9 Å². The van der Waals surface area contributed by atoms with Crippen LogP contribution in [-0.4, -0.2) is 91.3 Å². The molecule has 2 N–H and O–H groups in total. The number of sulfonamides is 1. The number of alkyl halides is 2. The topological polar surface area (TPSA) is 187 Å². The van der Waals surface area contributed by atoms with Crippen LogP contribution in [0, 0.1) is 11.3 Å². The Kier molecular flexibility index (Phi) is 7.36. The summed E-state index contributed by atoms with van der Waals surface area (Å²) in [5.74, 6) is -0.338. The van der Waals surface area contributed by atoms with Gasteiger partial charge in [-0.25, -0.2) is 32.0 Å². The average molecular weight is 672 g/mol. The quantitative estimate of drug-likeness (QED) is 0.294. The van der Waals surface area contributed by atoms with Crippen molar-refractivity contribution in [2.24, 2.45) is 0 Å². The van der Waals surface area contributed by atoms with Crippen molar-refractivity contribution in [3.05, 3.63) is 35.2 Å². The van der Waals surface area contributed by atoms with Gasteiger partial charge in [0.1, 0.15) is 17.9 Å². The maximum atomic E-state index is 13.5. The number of nitrogens with zero attached hydrogens (tertiary/aromatic N) is 8. The van der Waals surface area contributed by atoms with Crippen LogP contribution in [0.4, 0.5) is 13.6 Å². The van der Waals surface area contributed by atoms with Crippen molar-refractivity contribution in [3.8, 4) is 11.2 Å². The normalized spacial score (nSPS) is 20.1. The second-order valence-electron chi connectivity index (χ2n) is 11.7. The minimum Gasteiger partial charge on any atom is -0.465 e. The fourth-order valence-corrected chi connectivity index (χ4v) is 8.54. The zero-order valence-corrected chi connectivity index (χ0v) is 25.8.